The van der Waals surface area contributed by atoms with Crippen LogP contribution in [0.2, 0.25) is 0 Å². The summed E-state index contributed by atoms with van der Waals surface area (Å²) in [6.45, 7) is 2.57. The van der Waals surface area contributed by atoms with E-state index in [-0.39, 0.29) is 0 Å². The van der Waals surface area contributed by atoms with Crippen molar-refractivity contribution in [3.63, 3.8) is 0 Å². The van der Waals surface area contributed by atoms with Crippen molar-refractivity contribution in [2.24, 2.45) is 5.73 Å². The van der Waals surface area contributed by atoms with Crippen molar-refractivity contribution in [2.75, 3.05) is 0 Å². The maximum Gasteiger partial charge on any atom is 0.0708 e. The van der Waals surface area contributed by atoms with E-state index in [1.807, 2.05) is 25.1 Å². The molecule has 0 unspecified atom stereocenters. The second-order valence-electron chi connectivity index (χ2n) is 3.18. The van der Waals surface area contributed by atoms with Crippen molar-refractivity contribution in [1.29, 1.82) is 0 Å². The van der Waals surface area contributed by atoms with Crippen LogP contribution in [-0.4, -0.2) is 4.98 Å². The van der Waals surface area contributed by atoms with E-state index in [1.165, 1.54) is 5.39 Å². The Morgan fingerprint density at radius 1 is 1.23 bits per heavy atom. The van der Waals surface area contributed by atoms with Crippen LogP contribution in [0.3, 0.4) is 0 Å². The van der Waals surface area contributed by atoms with Crippen molar-refractivity contribution in [3.8, 4) is 0 Å². The standard InChI is InChI=1S/C11H12N2/c1-8-2-4-10-5-3-9(7-12)6-11(10)13-8/h2-6H,7,12H2,1H3. The molecule has 0 spiro atoms. The van der Waals surface area contributed by atoms with E-state index in [9.17, 15) is 0 Å². The minimum atomic E-state index is 0.575. The van der Waals surface area contributed by atoms with Gasteiger partial charge in [0, 0.05) is 17.6 Å². The second kappa shape index (κ2) is 3.15. The van der Waals surface area contributed by atoms with Crippen molar-refractivity contribution in [3.05, 3.63) is 41.6 Å². The minimum absolute atomic E-state index is 0.575. The normalized spacial score (nSPS) is 10.6. The summed E-state index contributed by atoms with van der Waals surface area (Å²) in [4.78, 5) is 4.43. The fourth-order valence-electron chi connectivity index (χ4n) is 1.39. The Bertz CT molecular complexity index is 435. The molecule has 0 saturated heterocycles. The average Bonchev–Trinajstić information content (AvgIpc) is 2.16. The van der Waals surface area contributed by atoms with Crippen molar-refractivity contribution < 1.29 is 0 Å². The third-order valence-corrected chi connectivity index (χ3v) is 2.13. The molecular weight excluding hydrogens is 160 g/mol. The quantitative estimate of drug-likeness (QED) is 0.714. The molecule has 0 amide bonds. The monoisotopic (exact) mass is 172 g/mol. The Hall–Kier alpha value is -1.41. The number of nitrogens with two attached hydrogens (primary N) is 1. The lowest BCUT2D eigenvalue weighted by molar-refractivity contribution is 1.07. The number of aromatic nitrogens is 1. The summed E-state index contributed by atoms with van der Waals surface area (Å²) in [6.07, 6.45) is 0. The molecule has 2 aromatic rings. The summed E-state index contributed by atoms with van der Waals surface area (Å²) in [5.41, 5.74) is 8.76. The Kier molecular flexibility index (Phi) is 1.99. The van der Waals surface area contributed by atoms with Gasteiger partial charge in [0.2, 0.25) is 0 Å². The molecule has 2 heteroatoms. The molecule has 0 saturated carbocycles. The lowest BCUT2D eigenvalue weighted by Crippen LogP contribution is -1.96. The van der Waals surface area contributed by atoms with Crippen LogP contribution in [0, 0.1) is 6.92 Å². The lowest BCUT2D eigenvalue weighted by Gasteiger charge is -2.01. The summed E-state index contributed by atoms with van der Waals surface area (Å²) in [5, 5.41) is 1.17. The van der Waals surface area contributed by atoms with Crippen LogP contribution in [-0.2, 0) is 6.54 Å². The summed E-state index contributed by atoms with van der Waals surface area (Å²) in [7, 11) is 0. The molecule has 1 heterocycles. The molecule has 2 nitrogen and oxygen atoms in total. The van der Waals surface area contributed by atoms with E-state index in [1.54, 1.807) is 0 Å². The van der Waals surface area contributed by atoms with E-state index in [2.05, 4.69) is 17.1 Å². The molecule has 13 heavy (non-hydrogen) atoms. The zero-order valence-electron chi connectivity index (χ0n) is 7.62. The summed E-state index contributed by atoms with van der Waals surface area (Å²) in [5.74, 6) is 0. The van der Waals surface area contributed by atoms with Crippen molar-refractivity contribution >= 4 is 10.9 Å². The highest BCUT2D eigenvalue weighted by Gasteiger charge is 1.96. The van der Waals surface area contributed by atoms with Gasteiger partial charge < -0.3 is 5.73 Å². The molecule has 1 aromatic heterocycles. The molecule has 0 aliphatic rings. The van der Waals surface area contributed by atoms with Gasteiger partial charge in [-0.05, 0) is 24.6 Å². The molecule has 66 valence electrons. The predicted molar refractivity (Wildman–Crippen MR) is 54.4 cm³/mol. The Balaban J connectivity index is 2.68. The number of hydrogen-bond donors (Lipinski definition) is 1. The molecule has 0 aliphatic heterocycles. The molecule has 0 fully saturated rings. The summed E-state index contributed by atoms with van der Waals surface area (Å²) >= 11 is 0. The number of nitrogens with zero attached hydrogens (tertiary/aromatic N) is 1. The van der Waals surface area contributed by atoms with Gasteiger partial charge >= 0.3 is 0 Å². The van der Waals surface area contributed by atoms with Crippen molar-refractivity contribution in [1.82, 2.24) is 4.98 Å². The first-order valence-corrected chi connectivity index (χ1v) is 4.36. The first-order chi connectivity index (χ1) is 6.29. The molecule has 0 bridgehead atoms. The highest BCUT2D eigenvalue weighted by molar-refractivity contribution is 5.79. The van der Waals surface area contributed by atoms with Gasteiger partial charge in [-0.2, -0.15) is 0 Å². The molecule has 1 aromatic carbocycles. The van der Waals surface area contributed by atoms with Crippen LogP contribution in [0.15, 0.2) is 30.3 Å². The third kappa shape index (κ3) is 1.53. The van der Waals surface area contributed by atoms with Gasteiger partial charge in [0.15, 0.2) is 0 Å². The van der Waals surface area contributed by atoms with Gasteiger partial charge in [0.25, 0.3) is 0 Å². The second-order valence-corrected chi connectivity index (χ2v) is 3.18. The van der Waals surface area contributed by atoms with Gasteiger partial charge in [0.1, 0.15) is 0 Å². The largest absolute Gasteiger partial charge is 0.326 e. The molecule has 2 N–H and O–H groups in total. The van der Waals surface area contributed by atoms with Crippen LogP contribution < -0.4 is 5.73 Å². The Morgan fingerprint density at radius 3 is 2.77 bits per heavy atom. The van der Waals surface area contributed by atoms with E-state index >= 15 is 0 Å². The third-order valence-electron chi connectivity index (χ3n) is 2.13. The highest BCUT2D eigenvalue weighted by Crippen LogP contribution is 2.14. The van der Waals surface area contributed by atoms with Crippen LogP contribution in [0.1, 0.15) is 11.3 Å². The fourth-order valence-corrected chi connectivity index (χ4v) is 1.39. The predicted octanol–water partition coefficient (Wildman–Crippen LogP) is 2.00. The SMILES string of the molecule is Cc1ccc2ccc(CN)cc2n1. The first-order valence-electron chi connectivity index (χ1n) is 4.36. The van der Waals surface area contributed by atoms with E-state index in [4.69, 9.17) is 5.73 Å². The number of aryl methyl sites for hydroxylation is 1. The van der Waals surface area contributed by atoms with Gasteiger partial charge in [-0.15, -0.1) is 0 Å². The molecule has 2 rings (SSSR count). The fraction of sp³-hybridized carbons (Fsp3) is 0.182. The smallest absolute Gasteiger partial charge is 0.0708 e. The minimum Gasteiger partial charge on any atom is -0.326 e. The van der Waals surface area contributed by atoms with Crippen LogP contribution in [0.25, 0.3) is 10.9 Å². The number of benzene rings is 1. The maximum absolute atomic E-state index is 5.55. The van der Waals surface area contributed by atoms with Gasteiger partial charge in [-0.25, -0.2) is 0 Å². The Morgan fingerprint density at radius 2 is 2.00 bits per heavy atom. The summed E-state index contributed by atoms with van der Waals surface area (Å²) < 4.78 is 0. The van der Waals surface area contributed by atoms with Gasteiger partial charge in [0.05, 0.1) is 5.52 Å². The molecule has 0 aliphatic carbocycles. The first kappa shape index (κ1) is 8.20. The number of rotatable bonds is 1. The topological polar surface area (TPSA) is 38.9 Å². The molecular formula is C11H12N2. The van der Waals surface area contributed by atoms with Gasteiger partial charge in [-0.3, -0.25) is 4.98 Å². The summed E-state index contributed by atoms with van der Waals surface area (Å²) in [6, 6.07) is 10.2. The van der Waals surface area contributed by atoms with Gasteiger partial charge in [-0.1, -0.05) is 18.2 Å². The van der Waals surface area contributed by atoms with Crippen LogP contribution in [0.4, 0.5) is 0 Å². The number of pyridine rings is 1. The maximum atomic E-state index is 5.55. The van der Waals surface area contributed by atoms with Crippen LogP contribution in [0.5, 0.6) is 0 Å². The zero-order valence-corrected chi connectivity index (χ0v) is 7.62. The zero-order chi connectivity index (χ0) is 9.26. The lowest BCUT2D eigenvalue weighted by atomic mass is 10.1. The molecule has 0 atom stereocenters. The van der Waals surface area contributed by atoms with Crippen molar-refractivity contribution in [2.45, 2.75) is 13.5 Å². The van der Waals surface area contributed by atoms with E-state index in [0.29, 0.717) is 6.54 Å². The Labute approximate surface area is 77.4 Å². The van der Waals surface area contributed by atoms with Crippen LogP contribution >= 0.6 is 0 Å². The average molecular weight is 172 g/mol. The van der Waals surface area contributed by atoms with E-state index in [0.717, 1.165) is 16.8 Å². The van der Waals surface area contributed by atoms with E-state index < -0.39 is 0 Å². The highest BCUT2D eigenvalue weighted by atomic mass is 14.7. The number of hydrogen-bond acceptors (Lipinski definition) is 2. The molecule has 0 radical (unpaired) electrons. The number of fused-ring (bicyclic) bond motifs is 1.